The van der Waals surface area contributed by atoms with E-state index in [1.165, 1.54) is 11.3 Å². The average Bonchev–Trinajstić information content (AvgIpc) is 4.04. The maximum absolute atomic E-state index is 13.2. The first-order valence-electron chi connectivity index (χ1n) is 20.4. The van der Waals surface area contributed by atoms with E-state index >= 15 is 0 Å². The Morgan fingerprint density at radius 3 is 1.58 bits per heavy atom. The van der Waals surface area contributed by atoms with Gasteiger partial charge in [0.15, 0.2) is 5.82 Å². The third kappa shape index (κ3) is 11.1. The number of hydrogen-bond donors (Lipinski definition) is 7. The van der Waals surface area contributed by atoms with Crippen molar-refractivity contribution < 1.29 is 14.4 Å². The first-order chi connectivity index (χ1) is 29.7. The number of nitrogens with one attached hydrogen (secondary N) is 5. The molecule has 5 aromatic carbocycles. The van der Waals surface area contributed by atoms with Gasteiger partial charge in [-0.2, -0.15) is 10.2 Å². The lowest BCUT2D eigenvalue weighted by Gasteiger charge is -2.25. The molecule has 12 nitrogen and oxygen atoms in total. The lowest BCUT2D eigenvalue weighted by molar-refractivity contribution is -0.118. The summed E-state index contributed by atoms with van der Waals surface area (Å²) in [6, 6.07) is 44.2. The minimum absolute atomic E-state index is 0.0659. The van der Waals surface area contributed by atoms with E-state index < -0.39 is 17.0 Å². The number of H-pyrrole nitrogens is 2. The van der Waals surface area contributed by atoms with Gasteiger partial charge in [-0.05, 0) is 99.5 Å². The van der Waals surface area contributed by atoms with Crippen molar-refractivity contribution in [1.82, 2.24) is 20.4 Å². The summed E-state index contributed by atoms with van der Waals surface area (Å²) in [6.07, 6.45) is 1.05. The van der Waals surface area contributed by atoms with Gasteiger partial charge in [-0.3, -0.25) is 24.6 Å². The summed E-state index contributed by atoms with van der Waals surface area (Å²) in [5, 5.41) is 27.1. The van der Waals surface area contributed by atoms with E-state index in [4.69, 9.17) is 11.5 Å². The van der Waals surface area contributed by atoms with Crippen molar-refractivity contribution in [2.24, 2.45) is 11.5 Å². The molecule has 8 aromatic rings. The molecule has 9 N–H and O–H groups in total. The number of hydrogen-bond acceptors (Lipinski definition) is 8. The number of nitrogens with zero attached hydrogens (tertiary/aromatic N) is 2. The van der Waals surface area contributed by atoms with Gasteiger partial charge in [0, 0.05) is 38.8 Å². The van der Waals surface area contributed by atoms with Crippen molar-refractivity contribution in [3.8, 4) is 11.3 Å². The molecule has 3 amide bonds. The van der Waals surface area contributed by atoms with Crippen LogP contribution in [0.1, 0.15) is 73.2 Å². The van der Waals surface area contributed by atoms with Gasteiger partial charge >= 0.3 is 0 Å². The second-order valence-electron chi connectivity index (χ2n) is 16.8. The normalized spacial score (nSPS) is 12.5. The zero-order chi connectivity index (χ0) is 43.9. The molecule has 8 rings (SSSR count). The molecule has 0 bridgehead atoms. The fraction of sp³-hybridized carbons (Fsp3) is 0.204. The number of nitrogens with two attached hydrogens (primary N) is 2. The Morgan fingerprint density at radius 2 is 1.08 bits per heavy atom. The number of anilines is 3. The predicted molar refractivity (Wildman–Crippen MR) is 251 cm³/mol. The number of amides is 3. The third-order valence-electron chi connectivity index (χ3n) is 10.2. The van der Waals surface area contributed by atoms with E-state index in [0.29, 0.717) is 34.6 Å². The van der Waals surface area contributed by atoms with E-state index in [1.807, 2.05) is 154 Å². The van der Waals surface area contributed by atoms with E-state index in [2.05, 4.69) is 36.3 Å². The van der Waals surface area contributed by atoms with Gasteiger partial charge in [-0.25, -0.2) is 0 Å². The van der Waals surface area contributed by atoms with Gasteiger partial charge in [0.2, 0.25) is 11.8 Å². The van der Waals surface area contributed by atoms with Crippen LogP contribution in [0.4, 0.5) is 17.2 Å². The largest absolute Gasteiger partial charge is 0.326 e. The number of carbonyl (C=O) groups is 3. The highest BCUT2D eigenvalue weighted by molar-refractivity contribution is 7.12. The molecule has 62 heavy (non-hydrogen) atoms. The Hall–Kier alpha value is -6.93. The summed E-state index contributed by atoms with van der Waals surface area (Å²) in [7, 11) is 0. The molecule has 0 fully saturated rings. The summed E-state index contributed by atoms with van der Waals surface area (Å²) < 4.78 is 0. The van der Waals surface area contributed by atoms with Crippen LogP contribution in [0.2, 0.25) is 0 Å². The number of fused-ring (bicyclic) bond motifs is 2. The highest BCUT2D eigenvalue weighted by Crippen LogP contribution is 2.32. The van der Waals surface area contributed by atoms with Crippen molar-refractivity contribution in [3.05, 3.63) is 161 Å². The van der Waals surface area contributed by atoms with Crippen LogP contribution in [0, 0.1) is 0 Å². The maximum Gasteiger partial charge on any atom is 0.266 e. The molecular weight excluding hydrogens is 795 g/mol. The minimum Gasteiger partial charge on any atom is -0.326 e. The number of benzene rings is 5. The molecule has 0 aliphatic carbocycles. The second-order valence-corrected chi connectivity index (χ2v) is 17.7. The van der Waals surface area contributed by atoms with Gasteiger partial charge in [0.25, 0.3) is 5.91 Å². The predicted octanol–water partition coefficient (Wildman–Crippen LogP) is 9.81. The average molecular weight is 846 g/mol. The summed E-state index contributed by atoms with van der Waals surface area (Å²) >= 11 is 1.36. The third-order valence-corrected chi connectivity index (χ3v) is 11.1. The summed E-state index contributed by atoms with van der Waals surface area (Å²) in [4.78, 5) is 39.5. The molecule has 13 heteroatoms. The molecule has 0 radical (unpaired) electrons. The number of aromatic amines is 2. The van der Waals surface area contributed by atoms with Crippen LogP contribution in [0.3, 0.4) is 0 Å². The van der Waals surface area contributed by atoms with Crippen LogP contribution in [-0.4, -0.2) is 49.2 Å². The van der Waals surface area contributed by atoms with Crippen LogP contribution in [0.25, 0.3) is 33.1 Å². The molecule has 2 atom stereocenters. The summed E-state index contributed by atoms with van der Waals surface area (Å²) in [5.74, 6) is -0.742. The van der Waals surface area contributed by atoms with Crippen molar-refractivity contribution in [2.75, 3.05) is 16.0 Å². The molecule has 2 unspecified atom stereocenters. The minimum atomic E-state index is -0.508. The van der Waals surface area contributed by atoms with Crippen LogP contribution in [0.5, 0.6) is 0 Å². The van der Waals surface area contributed by atoms with Gasteiger partial charge in [-0.15, -0.1) is 11.3 Å². The molecule has 0 spiro atoms. The van der Waals surface area contributed by atoms with E-state index in [-0.39, 0.29) is 23.6 Å². The SMILES string of the molecule is CC(C)(N)CC(C(=O)Nc1ccc2[nH]nc(-c3ccccc3)c2c1)c1ccccc1.CC(C)(N)CC(C(=O)Nc1ccc2[nH]nc(NC(=O)c3cccs3)c2c1)c1ccccc1. The standard InChI is InChI=1S/C25H26N4O.C24H25N5O2S/c1-25(2,26)16-21(17-9-5-3-6-10-17)24(30)27-19-13-14-22-20(15-19)23(29-28-22)18-11-7-4-8-12-18;1-24(2,25)14-18(15-7-4-3-5-8-15)22(30)26-16-10-11-19-17(13-16)21(29-28-19)27-23(31)20-9-6-12-32-20/h3-15,21H,16,26H2,1-2H3,(H,27,30)(H,28,29);3-13,18H,14,25H2,1-2H3,(H,26,30)(H2,27,28,29,31). The Labute approximate surface area is 364 Å². The molecule has 3 heterocycles. The quantitative estimate of drug-likeness (QED) is 0.0599. The van der Waals surface area contributed by atoms with Crippen LogP contribution in [-0.2, 0) is 9.59 Å². The maximum atomic E-state index is 13.2. The number of aromatic nitrogens is 4. The number of rotatable bonds is 13. The summed E-state index contributed by atoms with van der Waals surface area (Å²) in [6.45, 7) is 7.71. The van der Waals surface area contributed by atoms with Crippen molar-refractivity contribution >= 4 is 68.1 Å². The second kappa shape index (κ2) is 18.8. The molecule has 3 aromatic heterocycles. The smallest absolute Gasteiger partial charge is 0.266 e. The van der Waals surface area contributed by atoms with Crippen LogP contribution >= 0.6 is 11.3 Å². The Balaban J connectivity index is 0.000000187. The van der Waals surface area contributed by atoms with E-state index in [0.717, 1.165) is 44.5 Å². The first-order valence-corrected chi connectivity index (χ1v) is 21.2. The molecular formula is C49H51N9O3S. The van der Waals surface area contributed by atoms with Gasteiger partial charge in [0.05, 0.1) is 33.4 Å². The van der Waals surface area contributed by atoms with Crippen molar-refractivity contribution in [2.45, 2.75) is 63.5 Å². The fourth-order valence-corrected chi connectivity index (χ4v) is 7.90. The van der Waals surface area contributed by atoms with Crippen molar-refractivity contribution in [1.29, 1.82) is 0 Å². The Kier molecular flexibility index (Phi) is 13.1. The zero-order valence-electron chi connectivity index (χ0n) is 35.1. The Bertz CT molecular complexity index is 2750. The first kappa shape index (κ1) is 43.2. The van der Waals surface area contributed by atoms with Crippen LogP contribution < -0.4 is 27.4 Å². The lowest BCUT2D eigenvalue weighted by Crippen LogP contribution is -2.37. The van der Waals surface area contributed by atoms with Gasteiger partial charge in [-0.1, -0.05) is 97.1 Å². The molecule has 0 aliphatic rings. The van der Waals surface area contributed by atoms with E-state index in [9.17, 15) is 14.4 Å². The van der Waals surface area contributed by atoms with Crippen LogP contribution in [0.15, 0.2) is 145 Å². The highest BCUT2D eigenvalue weighted by Gasteiger charge is 2.28. The molecule has 316 valence electrons. The van der Waals surface area contributed by atoms with E-state index in [1.54, 1.807) is 18.2 Å². The molecule has 0 saturated carbocycles. The zero-order valence-corrected chi connectivity index (χ0v) is 35.9. The Morgan fingerprint density at radius 1 is 0.597 bits per heavy atom. The topological polar surface area (TPSA) is 197 Å². The molecule has 0 saturated heterocycles. The molecule has 0 aliphatic heterocycles. The van der Waals surface area contributed by atoms with Gasteiger partial charge in [0.1, 0.15) is 0 Å². The lowest BCUT2D eigenvalue weighted by atomic mass is 9.86. The summed E-state index contributed by atoms with van der Waals surface area (Å²) in [5.41, 5.74) is 18.3. The number of carbonyl (C=O) groups excluding carboxylic acids is 3. The highest BCUT2D eigenvalue weighted by atomic mass is 32.1. The van der Waals surface area contributed by atoms with Crippen molar-refractivity contribution in [3.63, 3.8) is 0 Å². The monoisotopic (exact) mass is 845 g/mol. The fourth-order valence-electron chi connectivity index (χ4n) is 7.28. The van der Waals surface area contributed by atoms with Gasteiger partial charge < -0.3 is 27.4 Å². The number of thiophene rings is 1.